The highest BCUT2D eigenvalue weighted by Gasteiger charge is 2.41. The van der Waals surface area contributed by atoms with Crippen LogP contribution in [0.2, 0.25) is 5.02 Å². The normalized spacial score (nSPS) is 20.2. The summed E-state index contributed by atoms with van der Waals surface area (Å²) in [5, 5.41) is 7.75. The monoisotopic (exact) mass is 318 g/mol. The second-order valence-corrected chi connectivity index (χ2v) is 6.51. The fourth-order valence-corrected chi connectivity index (χ4v) is 3.05. The smallest absolute Gasteiger partial charge is 0.257 e. The summed E-state index contributed by atoms with van der Waals surface area (Å²) < 4.78 is 5.28. The molecule has 116 valence electrons. The van der Waals surface area contributed by atoms with Gasteiger partial charge in [0.05, 0.1) is 5.69 Å². The Morgan fingerprint density at radius 1 is 1.41 bits per heavy atom. The van der Waals surface area contributed by atoms with Crippen LogP contribution in [0.25, 0.3) is 0 Å². The van der Waals surface area contributed by atoms with E-state index in [0.717, 1.165) is 17.0 Å². The number of carbonyl (C=O) groups excluding carboxylic acids is 1. The van der Waals surface area contributed by atoms with Crippen molar-refractivity contribution >= 4 is 17.5 Å². The van der Waals surface area contributed by atoms with Crippen LogP contribution < -0.4 is 5.32 Å². The summed E-state index contributed by atoms with van der Waals surface area (Å²) in [6.45, 7) is 5.77. The Bertz CT molecular complexity index is 708. The van der Waals surface area contributed by atoms with Crippen molar-refractivity contribution in [3.05, 3.63) is 51.9 Å². The Kier molecular flexibility index (Phi) is 3.96. The molecular weight excluding hydrogens is 300 g/mol. The Morgan fingerprint density at radius 3 is 2.82 bits per heavy atom. The van der Waals surface area contributed by atoms with E-state index in [-0.39, 0.29) is 17.9 Å². The van der Waals surface area contributed by atoms with Crippen molar-refractivity contribution in [1.82, 2.24) is 10.5 Å². The molecule has 0 spiro atoms. The van der Waals surface area contributed by atoms with Crippen molar-refractivity contribution in [1.29, 1.82) is 0 Å². The first-order valence-corrected chi connectivity index (χ1v) is 7.88. The maximum Gasteiger partial charge on any atom is 0.257 e. The molecule has 1 aromatic carbocycles. The Balaban J connectivity index is 1.72. The minimum absolute atomic E-state index is 0.109. The summed E-state index contributed by atoms with van der Waals surface area (Å²) >= 11 is 6.21. The van der Waals surface area contributed by atoms with Gasteiger partial charge in [-0.3, -0.25) is 4.79 Å². The number of benzene rings is 1. The number of halogens is 1. The van der Waals surface area contributed by atoms with Gasteiger partial charge in [-0.2, -0.15) is 0 Å². The average molecular weight is 319 g/mol. The molecule has 1 amide bonds. The van der Waals surface area contributed by atoms with Crippen LogP contribution in [0.4, 0.5) is 0 Å². The van der Waals surface area contributed by atoms with E-state index in [1.807, 2.05) is 38.1 Å². The highest BCUT2D eigenvalue weighted by Crippen LogP contribution is 2.43. The van der Waals surface area contributed by atoms with E-state index >= 15 is 0 Å². The fraction of sp³-hybridized carbons (Fsp3) is 0.412. The molecule has 1 aromatic heterocycles. The van der Waals surface area contributed by atoms with Crippen molar-refractivity contribution in [2.75, 3.05) is 0 Å². The third-order valence-corrected chi connectivity index (χ3v) is 4.40. The van der Waals surface area contributed by atoms with E-state index in [9.17, 15) is 4.79 Å². The van der Waals surface area contributed by atoms with Crippen LogP contribution in [-0.4, -0.2) is 17.1 Å². The lowest BCUT2D eigenvalue weighted by Crippen LogP contribution is -2.27. The maximum absolute atomic E-state index is 12.5. The molecule has 2 unspecified atom stereocenters. The van der Waals surface area contributed by atoms with Gasteiger partial charge in [-0.1, -0.05) is 48.8 Å². The summed E-state index contributed by atoms with van der Waals surface area (Å²) in [4.78, 5) is 12.5. The van der Waals surface area contributed by atoms with Gasteiger partial charge in [0.15, 0.2) is 5.76 Å². The molecule has 3 rings (SSSR count). The number of hydrogen-bond donors (Lipinski definition) is 1. The van der Waals surface area contributed by atoms with E-state index in [2.05, 4.69) is 10.5 Å². The molecule has 1 N–H and O–H groups in total. The number of aromatic nitrogens is 1. The summed E-state index contributed by atoms with van der Waals surface area (Å²) in [7, 11) is 0. The maximum atomic E-state index is 12.5. The third kappa shape index (κ3) is 2.75. The van der Waals surface area contributed by atoms with Gasteiger partial charge in [0.25, 0.3) is 5.91 Å². The minimum Gasteiger partial charge on any atom is -0.360 e. The number of amides is 1. The zero-order chi connectivity index (χ0) is 15.9. The molecule has 0 radical (unpaired) electrons. The van der Waals surface area contributed by atoms with Crippen LogP contribution in [0.15, 0.2) is 28.8 Å². The predicted molar refractivity (Wildman–Crippen MR) is 85.4 cm³/mol. The molecule has 1 fully saturated rings. The quantitative estimate of drug-likeness (QED) is 0.925. The van der Waals surface area contributed by atoms with Crippen LogP contribution in [0.3, 0.4) is 0 Å². The van der Waals surface area contributed by atoms with Crippen molar-refractivity contribution in [3.8, 4) is 0 Å². The Morgan fingerprint density at radius 2 is 2.14 bits per heavy atom. The van der Waals surface area contributed by atoms with Crippen molar-refractivity contribution in [2.45, 2.75) is 45.1 Å². The number of nitrogens with one attached hydrogen (secondary N) is 1. The molecule has 0 saturated heterocycles. The van der Waals surface area contributed by atoms with E-state index in [1.54, 1.807) is 6.92 Å². The standard InChI is InChI=1S/C17H19ClN2O2/c1-9(2)16-15(10(3)20-22-16)17(21)19-14-8-12(14)11-6-4-5-7-13(11)18/h4-7,9,12,14H,8H2,1-3H3,(H,19,21). The molecule has 0 aliphatic heterocycles. The van der Waals surface area contributed by atoms with Gasteiger partial charge < -0.3 is 9.84 Å². The van der Waals surface area contributed by atoms with Gasteiger partial charge in [-0.05, 0) is 25.0 Å². The third-order valence-electron chi connectivity index (χ3n) is 4.05. The van der Waals surface area contributed by atoms with Gasteiger partial charge in [-0.15, -0.1) is 0 Å². The molecule has 1 saturated carbocycles. The first-order valence-electron chi connectivity index (χ1n) is 7.50. The molecule has 0 bridgehead atoms. The molecule has 2 aromatic rings. The number of aryl methyl sites for hydroxylation is 1. The van der Waals surface area contributed by atoms with Crippen LogP contribution in [0.1, 0.15) is 59.5 Å². The molecule has 1 aliphatic carbocycles. The van der Waals surface area contributed by atoms with Gasteiger partial charge >= 0.3 is 0 Å². The van der Waals surface area contributed by atoms with Crippen molar-refractivity contribution in [3.63, 3.8) is 0 Å². The number of carbonyl (C=O) groups is 1. The zero-order valence-electron chi connectivity index (χ0n) is 12.9. The molecule has 1 heterocycles. The second-order valence-electron chi connectivity index (χ2n) is 6.11. The predicted octanol–water partition coefficient (Wildman–Crippen LogP) is 4.05. The second kappa shape index (κ2) is 5.76. The number of nitrogens with zero attached hydrogens (tertiary/aromatic N) is 1. The average Bonchev–Trinajstić information content (AvgIpc) is 3.10. The fourth-order valence-electron chi connectivity index (χ4n) is 2.77. The molecule has 22 heavy (non-hydrogen) atoms. The SMILES string of the molecule is Cc1noc(C(C)C)c1C(=O)NC1CC1c1ccccc1Cl. The lowest BCUT2D eigenvalue weighted by Gasteiger charge is -2.07. The highest BCUT2D eigenvalue weighted by molar-refractivity contribution is 6.31. The summed E-state index contributed by atoms with van der Waals surface area (Å²) in [6, 6.07) is 7.91. The van der Waals surface area contributed by atoms with Crippen LogP contribution in [0, 0.1) is 6.92 Å². The Hall–Kier alpha value is -1.81. The van der Waals surface area contributed by atoms with Crippen molar-refractivity contribution < 1.29 is 9.32 Å². The van der Waals surface area contributed by atoms with E-state index in [4.69, 9.17) is 16.1 Å². The lowest BCUT2D eigenvalue weighted by molar-refractivity contribution is 0.0947. The summed E-state index contributed by atoms with van der Waals surface area (Å²) in [5.41, 5.74) is 2.30. The van der Waals surface area contributed by atoms with E-state index in [0.29, 0.717) is 22.9 Å². The van der Waals surface area contributed by atoms with Gasteiger partial charge in [0.1, 0.15) is 5.56 Å². The molecule has 1 aliphatic rings. The zero-order valence-corrected chi connectivity index (χ0v) is 13.6. The highest BCUT2D eigenvalue weighted by atomic mass is 35.5. The Labute approximate surface area is 134 Å². The summed E-state index contributed by atoms with van der Waals surface area (Å²) in [6.07, 6.45) is 0.914. The van der Waals surface area contributed by atoms with E-state index < -0.39 is 0 Å². The topological polar surface area (TPSA) is 55.1 Å². The number of hydrogen-bond acceptors (Lipinski definition) is 3. The van der Waals surface area contributed by atoms with Gasteiger partial charge in [-0.25, -0.2) is 0 Å². The van der Waals surface area contributed by atoms with Gasteiger partial charge in [0, 0.05) is 22.9 Å². The molecule has 4 nitrogen and oxygen atoms in total. The first-order chi connectivity index (χ1) is 10.5. The first kappa shape index (κ1) is 15.1. The van der Waals surface area contributed by atoms with Crippen LogP contribution in [-0.2, 0) is 0 Å². The minimum atomic E-state index is -0.109. The summed E-state index contributed by atoms with van der Waals surface area (Å²) in [5.74, 6) is 0.952. The van der Waals surface area contributed by atoms with Crippen LogP contribution >= 0.6 is 11.6 Å². The van der Waals surface area contributed by atoms with E-state index in [1.165, 1.54) is 0 Å². The van der Waals surface area contributed by atoms with Gasteiger partial charge in [0.2, 0.25) is 0 Å². The van der Waals surface area contributed by atoms with Crippen molar-refractivity contribution in [2.24, 2.45) is 0 Å². The molecular formula is C17H19ClN2O2. The lowest BCUT2D eigenvalue weighted by atomic mass is 10.0. The molecule has 2 atom stereocenters. The number of rotatable bonds is 4. The largest absolute Gasteiger partial charge is 0.360 e. The molecule has 5 heteroatoms. The van der Waals surface area contributed by atoms with Crippen LogP contribution in [0.5, 0.6) is 0 Å².